The van der Waals surface area contributed by atoms with Gasteiger partial charge < -0.3 is 4.74 Å². The number of hydrogen-bond acceptors (Lipinski definition) is 4. The Bertz CT molecular complexity index is 634. The third-order valence-corrected chi connectivity index (χ3v) is 3.89. The molecule has 1 unspecified atom stereocenters. The number of benzene rings is 1. The van der Waals surface area contributed by atoms with E-state index in [2.05, 4.69) is 16.8 Å². The largest absolute Gasteiger partial charge is 0.367 e. The zero-order valence-corrected chi connectivity index (χ0v) is 12.3. The van der Waals surface area contributed by atoms with Crippen molar-refractivity contribution in [2.45, 2.75) is 19.4 Å². The maximum Gasteiger partial charge on any atom is 0.193 e. The first-order chi connectivity index (χ1) is 10.3. The van der Waals surface area contributed by atoms with E-state index in [9.17, 15) is 4.79 Å². The van der Waals surface area contributed by atoms with Crippen LogP contribution in [0.4, 0.5) is 0 Å². The Morgan fingerprint density at radius 3 is 3.14 bits per heavy atom. The number of carbonyl (C=O) groups is 1. The first-order valence-electron chi connectivity index (χ1n) is 7.51. The second kappa shape index (κ2) is 6.33. The number of fused-ring (bicyclic) bond motifs is 1. The van der Waals surface area contributed by atoms with Crippen molar-refractivity contribution >= 4 is 16.7 Å². The summed E-state index contributed by atoms with van der Waals surface area (Å²) in [7, 11) is 0. The standard InChI is InChI=1S/C17H20N2O2/c1-2-9-19-10-11-21-16(12-19)17(20)14-5-3-7-15-13(14)6-4-8-18-15/h3-8,16H,2,9-12H2,1H3. The molecular formula is C17H20N2O2. The van der Waals surface area contributed by atoms with E-state index in [0.29, 0.717) is 18.7 Å². The Kier molecular flexibility index (Phi) is 4.27. The molecule has 0 radical (unpaired) electrons. The van der Waals surface area contributed by atoms with Crippen LogP contribution in [0.5, 0.6) is 0 Å². The number of pyridine rings is 1. The van der Waals surface area contributed by atoms with E-state index in [1.807, 2.05) is 30.3 Å². The minimum Gasteiger partial charge on any atom is -0.367 e. The smallest absolute Gasteiger partial charge is 0.193 e. The van der Waals surface area contributed by atoms with Gasteiger partial charge in [0.15, 0.2) is 5.78 Å². The Labute approximate surface area is 124 Å². The predicted octanol–water partition coefficient (Wildman–Crippen LogP) is 2.53. The van der Waals surface area contributed by atoms with Gasteiger partial charge in [-0.25, -0.2) is 0 Å². The van der Waals surface area contributed by atoms with Crippen molar-refractivity contribution < 1.29 is 9.53 Å². The Balaban J connectivity index is 1.86. The molecule has 110 valence electrons. The lowest BCUT2D eigenvalue weighted by atomic mass is 10.00. The zero-order valence-electron chi connectivity index (χ0n) is 12.3. The fraction of sp³-hybridized carbons (Fsp3) is 0.412. The molecule has 0 saturated carbocycles. The van der Waals surface area contributed by atoms with E-state index >= 15 is 0 Å². The zero-order chi connectivity index (χ0) is 14.7. The van der Waals surface area contributed by atoms with Crippen LogP contribution in [0.1, 0.15) is 23.7 Å². The third-order valence-electron chi connectivity index (χ3n) is 3.89. The summed E-state index contributed by atoms with van der Waals surface area (Å²) in [6.07, 6.45) is 2.48. The Hall–Kier alpha value is -1.78. The average molecular weight is 284 g/mol. The molecule has 0 amide bonds. The number of nitrogens with zero attached hydrogens (tertiary/aromatic N) is 2. The van der Waals surface area contributed by atoms with Crippen LogP contribution in [0.3, 0.4) is 0 Å². The number of ketones is 1. The molecule has 1 aliphatic heterocycles. The first-order valence-corrected chi connectivity index (χ1v) is 7.51. The van der Waals surface area contributed by atoms with E-state index in [1.165, 1.54) is 0 Å². The molecule has 0 spiro atoms. The van der Waals surface area contributed by atoms with E-state index in [-0.39, 0.29) is 11.9 Å². The average Bonchev–Trinajstić information content (AvgIpc) is 2.54. The van der Waals surface area contributed by atoms with Crippen LogP contribution < -0.4 is 0 Å². The second-order valence-electron chi connectivity index (χ2n) is 5.40. The second-order valence-corrected chi connectivity index (χ2v) is 5.40. The summed E-state index contributed by atoms with van der Waals surface area (Å²) in [4.78, 5) is 19.4. The van der Waals surface area contributed by atoms with Crippen molar-refractivity contribution in [1.82, 2.24) is 9.88 Å². The Morgan fingerprint density at radius 2 is 2.29 bits per heavy atom. The molecule has 1 atom stereocenters. The molecule has 0 N–H and O–H groups in total. The van der Waals surface area contributed by atoms with Crippen molar-refractivity contribution in [3.05, 3.63) is 42.1 Å². The molecule has 4 nitrogen and oxygen atoms in total. The van der Waals surface area contributed by atoms with Gasteiger partial charge in [0.2, 0.25) is 0 Å². The summed E-state index contributed by atoms with van der Waals surface area (Å²) in [5.41, 5.74) is 1.56. The highest BCUT2D eigenvalue weighted by molar-refractivity contribution is 6.09. The molecule has 1 saturated heterocycles. The van der Waals surface area contributed by atoms with Gasteiger partial charge in [0, 0.05) is 30.2 Å². The van der Waals surface area contributed by atoms with Gasteiger partial charge in [-0.1, -0.05) is 25.1 Å². The molecule has 3 rings (SSSR count). The van der Waals surface area contributed by atoms with E-state index in [4.69, 9.17) is 4.74 Å². The summed E-state index contributed by atoms with van der Waals surface area (Å²) >= 11 is 0. The van der Waals surface area contributed by atoms with E-state index < -0.39 is 0 Å². The van der Waals surface area contributed by atoms with Crippen molar-refractivity contribution in [3.63, 3.8) is 0 Å². The molecule has 1 aromatic carbocycles. The van der Waals surface area contributed by atoms with Crippen LogP contribution >= 0.6 is 0 Å². The molecule has 1 fully saturated rings. The normalized spacial score (nSPS) is 19.8. The number of carbonyl (C=O) groups excluding carboxylic acids is 1. The van der Waals surface area contributed by atoms with Crippen LogP contribution in [0.2, 0.25) is 0 Å². The van der Waals surface area contributed by atoms with Gasteiger partial charge in [-0.3, -0.25) is 14.7 Å². The van der Waals surface area contributed by atoms with Crippen molar-refractivity contribution in [1.29, 1.82) is 0 Å². The molecule has 0 bridgehead atoms. The Morgan fingerprint density at radius 1 is 1.38 bits per heavy atom. The molecule has 2 heterocycles. The van der Waals surface area contributed by atoms with Crippen molar-refractivity contribution in [2.75, 3.05) is 26.2 Å². The van der Waals surface area contributed by atoms with Crippen molar-refractivity contribution in [3.8, 4) is 0 Å². The first kappa shape index (κ1) is 14.2. The summed E-state index contributed by atoms with van der Waals surface area (Å²) in [5.74, 6) is 0.0643. The quantitative estimate of drug-likeness (QED) is 0.809. The summed E-state index contributed by atoms with van der Waals surface area (Å²) in [6, 6.07) is 9.49. The molecule has 21 heavy (non-hydrogen) atoms. The minimum absolute atomic E-state index is 0.0643. The third kappa shape index (κ3) is 2.96. The highest BCUT2D eigenvalue weighted by Gasteiger charge is 2.28. The predicted molar refractivity (Wildman–Crippen MR) is 82.5 cm³/mol. The topological polar surface area (TPSA) is 42.4 Å². The summed E-state index contributed by atoms with van der Waals surface area (Å²) in [6.45, 7) is 5.39. The number of ether oxygens (including phenoxy) is 1. The van der Waals surface area contributed by atoms with Gasteiger partial charge >= 0.3 is 0 Å². The SMILES string of the molecule is CCCN1CCOC(C(=O)c2cccc3ncccc23)C1. The van der Waals surface area contributed by atoms with Crippen LogP contribution in [0.25, 0.3) is 10.9 Å². The monoisotopic (exact) mass is 284 g/mol. The van der Waals surface area contributed by atoms with Gasteiger partial charge in [-0.15, -0.1) is 0 Å². The molecular weight excluding hydrogens is 264 g/mol. The lowest BCUT2D eigenvalue weighted by Gasteiger charge is -2.32. The van der Waals surface area contributed by atoms with E-state index in [0.717, 1.165) is 30.4 Å². The fourth-order valence-corrected chi connectivity index (χ4v) is 2.87. The highest BCUT2D eigenvalue weighted by atomic mass is 16.5. The summed E-state index contributed by atoms with van der Waals surface area (Å²) in [5, 5.41) is 0.904. The van der Waals surface area contributed by atoms with Gasteiger partial charge in [-0.2, -0.15) is 0 Å². The van der Waals surface area contributed by atoms with Crippen LogP contribution in [0.15, 0.2) is 36.5 Å². The number of aromatic nitrogens is 1. The number of rotatable bonds is 4. The number of morpholine rings is 1. The molecule has 4 heteroatoms. The fourth-order valence-electron chi connectivity index (χ4n) is 2.87. The van der Waals surface area contributed by atoms with Gasteiger partial charge in [0.05, 0.1) is 12.1 Å². The molecule has 1 aliphatic rings. The summed E-state index contributed by atoms with van der Waals surface area (Å²) < 4.78 is 5.71. The maximum absolute atomic E-state index is 12.8. The van der Waals surface area contributed by atoms with E-state index in [1.54, 1.807) is 6.20 Å². The van der Waals surface area contributed by atoms with Crippen molar-refractivity contribution in [2.24, 2.45) is 0 Å². The lowest BCUT2D eigenvalue weighted by Crippen LogP contribution is -2.46. The maximum atomic E-state index is 12.8. The molecule has 0 aliphatic carbocycles. The van der Waals surface area contributed by atoms with Crippen LogP contribution in [-0.4, -0.2) is 48.0 Å². The van der Waals surface area contributed by atoms with Crippen LogP contribution in [-0.2, 0) is 4.74 Å². The molecule has 1 aromatic heterocycles. The number of Topliss-reactive ketones (excluding diaryl/α,β-unsaturated/α-hetero) is 1. The lowest BCUT2D eigenvalue weighted by molar-refractivity contribution is -0.0162. The van der Waals surface area contributed by atoms with Crippen LogP contribution in [0, 0.1) is 0 Å². The molecule has 2 aromatic rings. The highest BCUT2D eigenvalue weighted by Crippen LogP contribution is 2.20. The van der Waals surface area contributed by atoms with Gasteiger partial charge in [0.25, 0.3) is 0 Å². The minimum atomic E-state index is -0.365. The number of hydrogen-bond donors (Lipinski definition) is 0. The van der Waals surface area contributed by atoms with Gasteiger partial charge in [0.1, 0.15) is 6.10 Å². The van der Waals surface area contributed by atoms with Gasteiger partial charge in [-0.05, 0) is 25.1 Å².